The molecule has 2 N–H and O–H groups in total. The van der Waals surface area contributed by atoms with Gasteiger partial charge in [-0.1, -0.05) is 24.3 Å². The molecule has 35 heavy (non-hydrogen) atoms. The molecule has 1 fully saturated rings. The van der Waals surface area contributed by atoms with Crippen molar-refractivity contribution in [3.05, 3.63) is 90.0 Å². The largest absolute Gasteiger partial charge is 0.483 e. The molecular weight excluding hydrogens is 451 g/mol. The normalized spacial score (nSPS) is 13.7. The van der Waals surface area contributed by atoms with Crippen LogP contribution in [0.5, 0.6) is 5.75 Å². The summed E-state index contributed by atoms with van der Waals surface area (Å²) in [6, 6.07) is 15.9. The number of pyridine rings is 1. The number of hydrogen-bond acceptors (Lipinski definition) is 5. The lowest BCUT2D eigenvalue weighted by atomic mass is 10.0. The first-order valence-electron chi connectivity index (χ1n) is 11.3. The highest BCUT2D eigenvalue weighted by Crippen LogP contribution is 2.22. The average molecular weight is 477 g/mol. The molecule has 8 nitrogen and oxygen atoms in total. The molecule has 1 aliphatic rings. The van der Waals surface area contributed by atoms with E-state index >= 15 is 0 Å². The van der Waals surface area contributed by atoms with Gasteiger partial charge in [-0.15, -0.1) is 0 Å². The van der Waals surface area contributed by atoms with Gasteiger partial charge >= 0.3 is 0 Å². The quantitative estimate of drug-likeness (QED) is 0.545. The first-order valence-corrected chi connectivity index (χ1v) is 11.3. The maximum Gasteiger partial charge on any atom is 0.262 e. The summed E-state index contributed by atoms with van der Waals surface area (Å²) >= 11 is 0. The number of amides is 3. The molecule has 0 aliphatic carbocycles. The van der Waals surface area contributed by atoms with Gasteiger partial charge in [-0.3, -0.25) is 19.4 Å². The van der Waals surface area contributed by atoms with Gasteiger partial charge in [-0.25, -0.2) is 4.39 Å². The number of carbonyl (C=O) groups excluding carboxylic acids is 3. The van der Waals surface area contributed by atoms with Crippen molar-refractivity contribution in [1.82, 2.24) is 15.2 Å². The Labute approximate surface area is 202 Å². The number of rotatable bonds is 7. The summed E-state index contributed by atoms with van der Waals surface area (Å²) < 4.78 is 19.3. The van der Waals surface area contributed by atoms with E-state index in [1.165, 1.54) is 24.4 Å². The van der Waals surface area contributed by atoms with E-state index in [0.717, 1.165) is 0 Å². The molecule has 0 radical (unpaired) electrons. The first kappa shape index (κ1) is 23.9. The second-order valence-corrected chi connectivity index (χ2v) is 8.09. The van der Waals surface area contributed by atoms with Crippen molar-refractivity contribution in [3.8, 4) is 5.75 Å². The smallest absolute Gasteiger partial charge is 0.262 e. The maximum atomic E-state index is 13.7. The van der Waals surface area contributed by atoms with Gasteiger partial charge in [-0.05, 0) is 49.2 Å². The second kappa shape index (κ2) is 11.2. The van der Waals surface area contributed by atoms with Crippen LogP contribution in [0.4, 0.5) is 10.1 Å². The number of hydrogen-bond donors (Lipinski definition) is 2. The van der Waals surface area contributed by atoms with Crippen LogP contribution in [0.3, 0.4) is 0 Å². The Morgan fingerprint density at radius 3 is 2.49 bits per heavy atom. The standard InChI is InChI=1S/C26H25FN4O4/c27-21-8-2-3-9-22(21)30-24(32)17-35-23-10-4-1-7-20(23)26(34)31-14-11-19(12-15-31)29-25(33)18-6-5-13-28-16-18/h1-10,13,16,19H,11-12,14-15,17H2,(H,29,33)(H,30,32). The molecule has 9 heteroatoms. The summed E-state index contributed by atoms with van der Waals surface area (Å²) in [7, 11) is 0. The Morgan fingerprint density at radius 2 is 1.74 bits per heavy atom. The van der Waals surface area contributed by atoms with Crippen LogP contribution in [-0.4, -0.2) is 53.3 Å². The number of halogens is 1. The number of aromatic nitrogens is 1. The molecule has 0 atom stereocenters. The highest BCUT2D eigenvalue weighted by Gasteiger charge is 2.26. The topological polar surface area (TPSA) is 101 Å². The van der Waals surface area contributed by atoms with Gasteiger partial charge in [0.25, 0.3) is 17.7 Å². The SMILES string of the molecule is O=C(COc1ccccc1C(=O)N1CCC(NC(=O)c2cccnc2)CC1)Nc1ccccc1F. The number of benzene rings is 2. The molecular formula is C26H25FN4O4. The van der Waals surface area contributed by atoms with Crippen molar-refractivity contribution in [3.63, 3.8) is 0 Å². The number of piperidine rings is 1. The van der Waals surface area contributed by atoms with Gasteiger partial charge in [0.1, 0.15) is 11.6 Å². The number of ether oxygens (including phenoxy) is 1. The molecule has 3 aromatic rings. The van der Waals surface area contributed by atoms with E-state index in [4.69, 9.17) is 4.74 Å². The van der Waals surface area contributed by atoms with Gasteiger partial charge < -0.3 is 20.3 Å². The fourth-order valence-electron chi connectivity index (χ4n) is 3.82. The molecule has 0 bridgehead atoms. The Balaban J connectivity index is 1.31. The third kappa shape index (κ3) is 6.20. The number of anilines is 1. The van der Waals surface area contributed by atoms with Crippen LogP contribution in [0.1, 0.15) is 33.6 Å². The zero-order valence-corrected chi connectivity index (χ0v) is 18.9. The van der Waals surface area contributed by atoms with Crippen molar-refractivity contribution in [2.45, 2.75) is 18.9 Å². The Hall–Kier alpha value is -4.27. The molecule has 0 unspecified atom stereocenters. The minimum absolute atomic E-state index is 0.0414. The molecule has 1 saturated heterocycles. The van der Waals surface area contributed by atoms with Crippen molar-refractivity contribution in [1.29, 1.82) is 0 Å². The van der Waals surface area contributed by atoms with E-state index < -0.39 is 11.7 Å². The maximum absolute atomic E-state index is 13.7. The van der Waals surface area contributed by atoms with Crippen molar-refractivity contribution < 1.29 is 23.5 Å². The number of nitrogens with zero attached hydrogens (tertiary/aromatic N) is 2. The summed E-state index contributed by atoms with van der Waals surface area (Å²) in [6.45, 7) is 0.568. The molecule has 1 aromatic heterocycles. The molecule has 2 aromatic carbocycles. The molecule has 1 aliphatic heterocycles. The first-order chi connectivity index (χ1) is 17.0. The predicted molar refractivity (Wildman–Crippen MR) is 128 cm³/mol. The third-order valence-electron chi connectivity index (χ3n) is 5.67. The lowest BCUT2D eigenvalue weighted by molar-refractivity contribution is -0.118. The Bertz CT molecular complexity index is 1200. The Morgan fingerprint density at radius 1 is 1.00 bits per heavy atom. The van der Waals surface area contributed by atoms with E-state index in [1.54, 1.807) is 53.6 Å². The number of para-hydroxylation sites is 2. The highest BCUT2D eigenvalue weighted by atomic mass is 19.1. The fraction of sp³-hybridized carbons (Fsp3) is 0.231. The molecule has 4 rings (SSSR count). The summed E-state index contributed by atoms with van der Waals surface area (Å²) in [6.07, 6.45) is 4.36. The van der Waals surface area contributed by atoms with Crippen molar-refractivity contribution in [2.24, 2.45) is 0 Å². The highest BCUT2D eigenvalue weighted by molar-refractivity contribution is 5.97. The van der Waals surface area contributed by atoms with Crippen LogP contribution < -0.4 is 15.4 Å². The molecule has 3 amide bonds. The number of nitrogens with one attached hydrogen (secondary N) is 2. The van der Waals surface area contributed by atoms with Crippen LogP contribution >= 0.6 is 0 Å². The van der Waals surface area contributed by atoms with Crippen LogP contribution in [-0.2, 0) is 4.79 Å². The second-order valence-electron chi connectivity index (χ2n) is 8.09. The zero-order valence-electron chi connectivity index (χ0n) is 18.9. The fourth-order valence-corrected chi connectivity index (χ4v) is 3.82. The summed E-state index contributed by atoms with van der Waals surface area (Å²) in [4.78, 5) is 43.4. The number of likely N-dealkylation sites (tertiary alicyclic amines) is 1. The van der Waals surface area contributed by atoms with Crippen LogP contribution in [0.15, 0.2) is 73.1 Å². The van der Waals surface area contributed by atoms with E-state index in [0.29, 0.717) is 37.1 Å². The van der Waals surface area contributed by atoms with Crippen LogP contribution in [0.25, 0.3) is 0 Å². The van der Waals surface area contributed by atoms with Crippen LogP contribution in [0, 0.1) is 5.82 Å². The van der Waals surface area contributed by atoms with Crippen molar-refractivity contribution >= 4 is 23.4 Å². The molecule has 0 spiro atoms. The lowest BCUT2D eigenvalue weighted by Crippen LogP contribution is -2.46. The van der Waals surface area contributed by atoms with E-state index in [1.807, 2.05) is 0 Å². The van der Waals surface area contributed by atoms with E-state index in [-0.39, 0.29) is 35.9 Å². The van der Waals surface area contributed by atoms with E-state index in [2.05, 4.69) is 15.6 Å². The predicted octanol–water partition coefficient (Wildman–Crippen LogP) is 3.27. The number of carbonyl (C=O) groups is 3. The average Bonchev–Trinajstić information content (AvgIpc) is 2.89. The molecule has 0 saturated carbocycles. The minimum atomic E-state index is -0.545. The Kier molecular flexibility index (Phi) is 7.67. The summed E-state index contributed by atoms with van der Waals surface area (Å²) in [5.74, 6) is -1.21. The van der Waals surface area contributed by atoms with Gasteiger partial charge in [-0.2, -0.15) is 0 Å². The minimum Gasteiger partial charge on any atom is -0.483 e. The monoisotopic (exact) mass is 476 g/mol. The van der Waals surface area contributed by atoms with Gasteiger partial charge in [0.15, 0.2) is 6.61 Å². The molecule has 180 valence electrons. The summed E-state index contributed by atoms with van der Waals surface area (Å²) in [5, 5.41) is 5.44. The van der Waals surface area contributed by atoms with Gasteiger partial charge in [0, 0.05) is 31.5 Å². The molecule has 2 heterocycles. The third-order valence-corrected chi connectivity index (χ3v) is 5.67. The van der Waals surface area contributed by atoms with E-state index in [9.17, 15) is 18.8 Å². The van der Waals surface area contributed by atoms with Crippen molar-refractivity contribution in [2.75, 3.05) is 25.0 Å². The van der Waals surface area contributed by atoms with Gasteiger partial charge in [0.2, 0.25) is 0 Å². The van der Waals surface area contributed by atoms with Gasteiger partial charge in [0.05, 0.1) is 16.8 Å². The zero-order chi connectivity index (χ0) is 24.6. The lowest BCUT2D eigenvalue weighted by Gasteiger charge is -2.32. The summed E-state index contributed by atoms with van der Waals surface area (Å²) in [5.41, 5.74) is 0.893. The van der Waals surface area contributed by atoms with Crippen LogP contribution in [0.2, 0.25) is 0 Å².